The van der Waals surface area contributed by atoms with E-state index in [9.17, 15) is 0 Å². The number of nitrogens with two attached hydrogens (primary N) is 1. The molecule has 2 rings (SSSR count). The molecule has 2 fully saturated rings. The van der Waals surface area contributed by atoms with Crippen LogP contribution in [0.25, 0.3) is 0 Å². The summed E-state index contributed by atoms with van der Waals surface area (Å²) in [5.41, 5.74) is 5.90. The van der Waals surface area contributed by atoms with Crippen molar-refractivity contribution in [3.63, 3.8) is 0 Å². The minimum Gasteiger partial charge on any atom is -0.370 e. The first-order valence-corrected chi connectivity index (χ1v) is 6.06. The van der Waals surface area contributed by atoms with Crippen molar-refractivity contribution in [3.05, 3.63) is 0 Å². The highest BCUT2D eigenvalue weighted by molar-refractivity contribution is 7.99. The number of hydrogen-bond donors (Lipinski definition) is 1. The van der Waals surface area contributed by atoms with Crippen LogP contribution in [0.3, 0.4) is 0 Å². The van der Waals surface area contributed by atoms with Crippen LogP contribution in [0.2, 0.25) is 0 Å². The molecule has 1 heterocycles. The van der Waals surface area contributed by atoms with Gasteiger partial charge in [-0.15, -0.1) is 0 Å². The Morgan fingerprint density at radius 1 is 1.46 bits per heavy atom. The second-order valence-corrected chi connectivity index (χ2v) is 5.00. The lowest BCUT2D eigenvalue weighted by molar-refractivity contribution is 0.392. The van der Waals surface area contributed by atoms with Crippen LogP contribution < -0.4 is 5.73 Å². The Morgan fingerprint density at radius 2 is 2.23 bits per heavy atom. The molecule has 0 aromatic carbocycles. The van der Waals surface area contributed by atoms with Gasteiger partial charge in [-0.25, -0.2) is 4.99 Å². The van der Waals surface area contributed by atoms with E-state index < -0.39 is 0 Å². The molecular weight excluding hydrogens is 182 g/mol. The average Bonchev–Trinajstić information content (AvgIpc) is 2.78. The van der Waals surface area contributed by atoms with Crippen LogP contribution in [0.15, 0.2) is 4.99 Å². The molecule has 1 unspecified atom stereocenters. The molecule has 4 heteroatoms. The Kier molecular flexibility index (Phi) is 2.67. The van der Waals surface area contributed by atoms with Gasteiger partial charge in [-0.2, -0.15) is 11.8 Å². The zero-order valence-electron chi connectivity index (χ0n) is 8.07. The average molecular weight is 199 g/mol. The first-order chi connectivity index (χ1) is 6.27. The third kappa shape index (κ3) is 2.30. The van der Waals surface area contributed by atoms with E-state index in [0.717, 1.165) is 5.96 Å². The summed E-state index contributed by atoms with van der Waals surface area (Å²) >= 11 is 2.01. The molecule has 1 aliphatic carbocycles. The molecule has 1 saturated heterocycles. The normalized spacial score (nSPS) is 29.3. The number of rotatable bonds is 2. The van der Waals surface area contributed by atoms with Gasteiger partial charge in [0, 0.05) is 18.8 Å². The summed E-state index contributed by atoms with van der Waals surface area (Å²) in [4.78, 5) is 6.60. The van der Waals surface area contributed by atoms with Crippen LogP contribution in [0, 0.1) is 0 Å². The van der Waals surface area contributed by atoms with E-state index >= 15 is 0 Å². The molecule has 2 aliphatic rings. The highest BCUT2D eigenvalue weighted by Gasteiger charge is 2.25. The molecule has 0 spiro atoms. The van der Waals surface area contributed by atoms with E-state index in [1.807, 2.05) is 11.8 Å². The van der Waals surface area contributed by atoms with E-state index in [-0.39, 0.29) is 0 Å². The SMILES string of the molecule is CN(C(N)=NC1CC1)C1CCSC1. The first kappa shape index (κ1) is 9.19. The number of nitrogens with zero attached hydrogens (tertiary/aromatic N) is 2. The lowest BCUT2D eigenvalue weighted by Crippen LogP contribution is -2.42. The molecule has 0 radical (unpaired) electrons. The molecule has 1 saturated carbocycles. The highest BCUT2D eigenvalue weighted by atomic mass is 32.2. The largest absolute Gasteiger partial charge is 0.370 e. The molecule has 2 N–H and O–H groups in total. The maximum absolute atomic E-state index is 5.90. The van der Waals surface area contributed by atoms with Crippen molar-refractivity contribution in [2.75, 3.05) is 18.6 Å². The van der Waals surface area contributed by atoms with Gasteiger partial charge in [0.25, 0.3) is 0 Å². The summed E-state index contributed by atoms with van der Waals surface area (Å²) in [6, 6.07) is 1.16. The fourth-order valence-electron chi connectivity index (χ4n) is 1.50. The second kappa shape index (κ2) is 3.78. The van der Waals surface area contributed by atoms with Gasteiger partial charge < -0.3 is 10.6 Å². The Morgan fingerprint density at radius 3 is 2.77 bits per heavy atom. The Hall–Kier alpha value is -0.380. The van der Waals surface area contributed by atoms with Gasteiger partial charge in [0.05, 0.1) is 6.04 Å². The molecule has 0 bridgehead atoms. The van der Waals surface area contributed by atoms with Gasteiger partial charge in [0.15, 0.2) is 5.96 Å². The van der Waals surface area contributed by atoms with E-state index in [1.54, 1.807) is 0 Å². The van der Waals surface area contributed by atoms with Crippen molar-refractivity contribution < 1.29 is 0 Å². The smallest absolute Gasteiger partial charge is 0.191 e. The lowest BCUT2D eigenvalue weighted by Gasteiger charge is -2.24. The fraction of sp³-hybridized carbons (Fsp3) is 0.889. The lowest BCUT2D eigenvalue weighted by atomic mass is 10.2. The third-order valence-electron chi connectivity index (χ3n) is 2.68. The molecule has 0 aromatic heterocycles. The van der Waals surface area contributed by atoms with Crippen LogP contribution in [0.1, 0.15) is 19.3 Å². The van der Waals surface area contributed by atoms with E-state index in [4.69, 9.17) is 5.73 Å². The van der Waals surface area contributed by atoms with Crippen LogP contribution in [0.4, 0.5) is 0 Å². The number of hydrogen-bond acceptors (Lipinski definition) is 2. The monoisotopic (exact) mass is 199 g/mol. The van der Waals surface area contributed by atoms with Crippen molar-refractivity contribution in [2.24, 2.45) is 10.7 Å². The molecule has 3 nitrogen and oxygen atoms in total. The van der Waals surface area contributed by atoms with Gasteiger partial charge in [-0.3, -0.25) is 0 Å². The molecule has 0 aromatic rings. The van der Waals surface area contributed by atoms with Crippen molar-refractivity contribution >= 4 is 17.7 Å². The van der Waals surface area contributed by atoms with Gasteiger partial charge in [-0.05, 0) is 25.0 Å². The zero-order chi connectivity index (χ0) is 9.26. The molecule has 1 aliphatic heterocycles. The van der Waals surface area contributed by atoms with Gasteiger partial charge >= 0.3 is 0 Å². The molecule has 1 atom stereocenters. The summed E-state index contributed by atoms with van der Waals surface area (Å²) in [6.07, 6.45) is 3.71. The highest BCUT2D eigenvalue weighted by Crippen LogP contribution is 2.25. The van der Waals surface area contributed by atoms with E-state index in [0.29, 0.717) is 12.1 Å². The minimum absolute atomic E-state index is 0.538. The zero-order valence-corrected chi connectivity index (χ0v) is 8.89. The van der Waals surface area contributed by atoms with Gasteiger partial charge in [0.1, 0.15) is 0 Å². The van der Waals surface area contributed by atoms with Gasteiger partial charge in [-0.1, -0.05) is 0 Å². The van der Waals surface area contributed by atoms with Crippen molar-refractivity contribution in [3.8, 4) is 0 Å². The van der Waals surface area contributed by atoms with Crippen LogP contribution in [-0.4, -0.2) is 41.5 Å². The second-order valence-electron chi connectivity index (χ2n) is 3.85. The summed E-state index contributed by atoms with van der Waals surface area (Å²) < 4.78 is 0. The van der Waals surface area contributed by atoms with E-state index in [1.165, 1.54) is 30.8 Å². The number of thioether (sulfide) groups is 1. The number of aliphatic imine (C=N–C) groups is 1. The van der Waals surface area contributed by atoms with E-state index in [2.05, 4.69) is 16.9 Å². The molecular formula is C9H17N3S. The minimum atomic E-state index is 0.538. The maximum Gasteiger partial charge on any atom is 0.191 e. The maximum atomic E-state index is 5.90. The Labute approximate surface area is 83.8 Å². The predicted molar refractivity (Wildman–Crippen MR) is 58.1 cm³/mol. The topological polar surface area (TPSA) is 41.6 Å². The fourth-order valence-corrected chi connectivity index (χ4v) is 2.76. The number of guanidine groups is 1. The summed E-state index contributed by atoms with van der Waals surface area (Å²) in [6.45, 7) is 0. The van der Waals surface area contributed by atoms with Gasteiger partial charge in [0.2, 0.25) is 0 Å². The molecule has 13 heavy (non-hydrogen) atoms. The van der Waals surface area contributed by atoms with Crippen LogP contribution in [0.5, 0.6) is 0 Å². The Balaban J connectivity index is 1.89. The van der Waals surface area contributed by atoms with Crippen LogP contribution in [-0.2, 0) is 0 Å². The van der Waals surface area contributed by atoms with Crippen LogP contribution >= 0.6 is 11.8 Å². The summed E-state index contributed by atoms with van der Waals surface area (Å²) in [5, 5.41) is 0. The Bertz CT molecular complexity index is 207. The third-order valence-corrected chi connectivity index (χ3v) is 3.82. The van der Waals surface area contributed by atoms with Crippen molar-refractivity contribution in [2.45, 2.75) is 31.3 Å². The molecule has 0 amide bonds. The summed E-state index contributed by atoms with van der Waals surface area (Å²) in [5.74, 6) is 3.22. The molecule has 74 valence electrons. The quantitative estimate of drug-likeness (QED) is 0.531. The first-order valence-electron chi connectivity index (χ1n) is 4.91. The van der Waals surface area contributed by atoms with Crippen molar-refractivity contribution in [1.29, 1.82) is 0 Å². The predicted octanol–water partition coefficient (Wildman–Crippen LogP) is 0.901. The van der Waals surface area contributed by atoms with Crippen molar-refractivity contribution in [1.82, 2.24) is 4.90 Å². The summed E-state index contributed by atoms with van der Waals surface area (Å²) in [7, 11) is 2.07. The standard InChI is InChI=1S/C9H17N3S/c1-12(8-4-5-13-6-8)9(10)11-7-2-3-7/h7-8H,2-6H2,1H3,(H2,10,11).